The van der Waals surface area contributed by atoms with E-state index in [1.807, 2.05) is 24.3 Å². The van der Waals surface area contributed by atoms with Crippen LogP contribution in [0.25, 0.3) is 11.4 Å². The summed E-state index contributed by atoms with van der Waals surface area (Å²) in [6.45, 7) is -0.214. The Morgan fingerprint density at radius 1 is 1.09 bits per heavy atom. The first-order valence-corrected chi connectivity index (χ1v) is 7.34. The lowest BCUT2D eigenvalue weighted by atomic mass is 10.1. The van der Waals surface area contributed by atoms with Crippen molar-refractivity contribution in [3.8, 4) is 11.4 Å². The second kappa shape index (κ2) is 6.33. The van der Waals surface area contributed by atoms with Crippen molar-refractivity contribution in [3.63, 3.8) is 0 Å². The van der Waals surface area contributed by atoms with Crippen molar-refractivity contribution in [3.05, 3.63) is 64.1 Å². The van der Waals surface area contributed by atoms with Gasteiger partial charge in [0.25, 0.3) is 0 Å². The summed E-state index contributed by atoms with van der Waals surface area (Å²) in [6, 6.07) is 10.3. The van der Waals surface area contributed by atoms with Crippen molar-refractivity contribution in [2.45, 2.75) is 6.54 Å². The lowest BCUT2D eigenvalue weighted by Crippen LogP contribution is -2.13. The maximum atomic E-state index is 13.2. The standard InChI is InChI=1S/C15H9BrF2N4O/c16-11-4-1-9(2-5-11)15-19-21-22(20-15)8-14(23)10-3-6-12(17)13(18)7-10/h1-7H,8H2. The van der Waals surface area contributed by atoms with Crippen LogP contribution in [0.2, 0.25) is 0 Å². The van der Waals surface area contributed by atoms with Gasteiger partial charge >= 0.3 is 0 Å². The first-order valence-electron chi connectivity index (χ1n) is 6.55. The summed E-state index contributed by atoms with van der Waals surface area (Å²) in [4.78, 5) is 13.2. The molecule has 0 fully saturated rings. The van der Waals surface area contributed by atoms with Gasteiger partial charge in [-0.1, -0.05) is 15.9 Å². The van der Waals surface area contributed by atoms with E-state index in [1.165, 1.54) is 6.07 Å². The molecule has 0 radical (unpaired) electrons. The van der Waals surface area contributed by atoms with Gasteiger partial charge in [-0.2, -0.15) is 4.80 Å². The number of ketones is 1. The molecule has 0 aliphatic heterocycles. The maximum Gasteiger partial charge on any atom is 0.204 e. The Morgan fingerprint density at radius 3 is 2.52 bits per heavy atom. The highest BCUT2D eigenvalue weighted by molar-refractivity contribution is 9.10. The van der Waals surface area contributed by atoms with Crippen molar-refractivity contribution in [2.24, 2.45) is 0 Å². The number of hydrogen-bond donors (Lipinski definition) is 0. The van der Waals surface area contributed by atoms with Gasteiger partial charge in [0.05, 0.1) is 0 Å². The number of nitrogens with zero attached hydrogens (tertiary/aromatic N) is 4. The van der Waals surface area contributed by atoms with Crippen LogP contribution in [0.3, 0.4) is 0 Å². The highest BCUT2D eigenvalue weighted by atomic mass is 79.9. The first-order chi connectivity index (χ1) is 11.0. The van der Waals surface area contributed by atoms with Crippen molar-refractivity contribution in [2.75, 3.05) is 0 Å². The molecule has 8 heteroatoms. The molecule has 3 rings (SSSR count). The molecule has 0 saturated carbocycles. The Kier molecular flexibility index (Phi) is 4.24. The number of carbonyl (C=O) groups excluding carboxylic acids is 1. The lowest BCUT2D eigenvalue weighted by Gasteiger charge is -2.00. The highest BCUT2D eigenvalue weighted by Gasteiger charge is 2.13. The average molecular weight is 379 g/mol. The van der Waals surface area contributed by atoms with Gasteiger partial charge < -0.3 is 0 Å². The fraction of sp³-hybridized carbons (Fsp3) is 0.0667. The Labute approximate surface area is 138 Å². The summed E-state index contributed by atoms with van der Waals surface area (Å²) in [6.07, 6.45) is 0. The molecule has 0 spiro atoms. The van der Waals surface area contributed by atoms with Crippen LogP contribution in [-0.4, -0.2) is 26.0 Å². The molecule has 3 aromatic rings. The summed E-state index contributed by atoms with van der Waals surface area (Å²) < 4.78 is 27.0. The van der Waals surface area contributed by atoms with E-state index in [9.17, 15) is 13.6 Å². The quantitative estimate of drug-likeness (QED) is 0.653. The van der Waals surface area contributed by atoms with Gasteiger partial charge in [-0.05, 0) is 47.7 Å². The predicted octanol–water partition coefficient (Wildman–Crippen LogP) is 3.26. The van der Waals surface area contributed by atoms with Crippen LogP contribution < -0.4 is 0 Å². The summed E-state index contributed by atoms with van der Waals surface area (Å²) in [5.41, 5.74) is 0.797. The number of halogens is 3. The van der Waals surface area contributed by atoms with Crippen molar-refractivity contribution in [1.29, 1.82) is 0 Å². The largest absolute Gasteiger partial charge is 0.292 e. The van der Waals surface area contributed by atoms with Gasteiger partial charge in [-0.15, -0.1) is 10.2 Å². The number of tetrazole rings is 1. The molecule has 1 aromatic heterocycles. The Bertz CT molecular complexity index is 864. The van der Waals surface area contributed by atoms with E-state index >= 15 is 0 Å². The van der Waals surface area contributed by atoms with Gasteiger partial charge in [0.15, 0.2) is 17.4 Å². The lowest BCUT2D eigenvalue weighted by molar-refractivity contribution is 0.0961. The summed E-state index contributed by atoms with van der Waals surface area (Å²) >= 11 is 3.33. The van der Waals surface area contributed by atoms with Gasteiger partial charge in [-0.25, -0.2) is 8.78 Å². The molecule has 2 aromatic carbocycles. The molecular formula is C15H9BrF2N4O. The fourth-order valence-electron chi connectivity index (χ4n) is 1.91. The van der Waals surface area contributed by atoms with Crippen LogP contribution in [0, 0.1) is 11.6 Å². The van der Waals surface area contributed by atoms with E-state index in [1.54, 1.807) is 0 Å². The van der Waals surface area contributed by atoms with Gasteiger partial charge in [-0.3, -0.25) is 4.79 Å². The molecule has 0 aliphatic carbocycles. The van der Waals surface area contributed by atoms with E-state index in [0.29, 0.717) is 5.82 Å². The van der Waals surface area contributed by atoms with E-state index < -0.39 is 17.4 Å². The van der Waals surface area contributed by atoms with E-state index in [2.05, 4.69) is 31.3 Å². The van der Waals surface area contributed by atoms with Crippen LogP contribution in [0.1, 0.15) is 10.4 Å². The molecule has 0 saturated heterocycles. The highest BCUT2D eigenvalue weighted by Crippen LogP contribution is 2.17. The molecule has 23 heavy (non-hydrogen) atoms. The second-order valence-corrected chi connectivity index (χ2v) is 5.62. The summed E-state index contributed by atoms with van der Waals surface area (Å²) in [5.74, 6) is -2.14. The van der Waals surface area contributed by atoms with Crippen molar-refractivity contribution in [1.82, 2.24) is 20.2 Å². The molecular weight excluding hydrogens is 370 g/mol. The molecule has 0 N–H and O–H groups in total. The minimum Gasteiger partial charge on any atom is -0.292 e. The number of carbonyl (C=O) groups is 1. The monoisotopic (exact) mass is 378 g/mol. The fourth-order valence-corrected chi connectivity index (χ4v) is 2.18. The second-order valence-electron chi connectivity index (χ2n) is 4.70. The minimum absolute atomic E-state index is 0.0476. The zero-order valence-electron chi connectivity index (χ0n) is 11.6. The zero-order valence-corrected chi connectivity index (χ0v) is 13.2. The van der Waals surface area contributed by atoms with Crippen LogP contribution in [0.15, 0.2) is 46.9 Å². The van der Waals surface area contributed by atoms with Gasteiger partial charge in [0.1, 0.15) is 6.54 Å². The minimum atomic E-state index is -1.07. The molecule has 0 atom stereocenters. The first kappa shape index (κ1) is 15.4. The summed E-state index contributed by atoms with van der Waals surface area (Å²) in [5, 5.41) is 11.8. The topological polar surface area (TPSA) is 60.7 Å². The zero-order chi connectivity index (χ0) is 16.4. The SMILES string of the molecule is O=C(Cn1nnc(-c2ccc(Br)cc2)n1)c1ccc(F)c(F)c1. The molecule has 116 valence electrons. The number of aromatic nitrogens is 4. The smallest absolute Gasteiger partial charge is 0.204 e. The van der Waals surface area contributed by atoms with Gasteiger partial charge in [0.2, 0.25) is 5.82 Å². The third kappa shape index (κ3) is 3.48. The van der Waals surface area contributed by atoms with E-state index in [-0.39, 0.29) is 12.1 Å². The molecule has 0 bridgehead atoms. The molecule has 0 amide bonds. The van der Waals surface area contributed by atoms with Crippen molar-refractivity contribution >= 4 is 21.7 Å². The molecule has 0 aliphatic rings. The maximum absolute atomic E-state index is 13.2. The Morgan fingerprint density at radius 2 is 1.83 bits per heavy atom. The molecule has 1 heterocycles. The van der Waals surface area contributed by atoms with Crippen LogP contribution in [0.5, 0.6) is 0 Å². The van der Waals surface area contributed by atoms with Crippen LogP contribution in [0.4, 0.5) is 8.78 Å². The van der Waals surface area contributed by atoms with Gasteiger partial charge in [0, 0.05) is 15.6 Å². The Balaban J connectivity index is 1.77. The third-order valence-corrected chi connectivity index (χ3v) is 3.61. The van der Waals surface area contributed by atoms with Crippen LogP contribution >= 0.6 is 15.9 Å². The predicted molar refractivity (Wildman–Crippen MR) is 81.6 cm³/mol. The normalized spacial score (nSPS) is 10.7. The number of benzene rings is 2. The van der Waals surface area contributed by atoms with Crippen molar-refractivity contribution < 1.29 is 13.6 Å². The third-order valence-electron chi connectivity index (χ3n) is 3.08. The summed E-state index contributed by atoms with van der Waals surface area (Å²) in [7, 11) is 0. The molecule has 5 nitrogen and oxygen atoms in total. The number of hydrogen-bond acceptors (Lipinski definition) is 4. The van der Waals surface area contributed by atoms with E-state index in [4.69, 9.17) is 0 Å². The average Bonchev–Trinajstić information content (AvgIpc) is 2.99. The number of Topliss-reactive ketones (excluding diaryl/α,β-unsaturated/α-hetero) is 1. The van der Waals surface area contributed by atoms with Crippen LogP contribution in [-0.2, 0) is 6.54 Å². The number of rotatable bonds is 4. The van der Waals surface area contributed by atoms with E-state index in [0.717, 1.165) is 27.0 Å². The molecule has 0 unspecified atom stereocenters. The Hall–Kier alpha value is -2.48.